The number of nitrogens with one attached hydrogen (secondary N) is 1. The first kappa shape index (κ1) is 11.3. The third-order valence-electron chi connectivity index (χ3n) is 3.71. The van der Waals surface area contributed by atoms with Crippen LogP contribution in [0.15, 0.2) is 29.1 Å². The van der Waals surface area contributed by atoms with Gasteiger partial charge in [-0.05, 0) is 22.4 Å². The average molecular weight is 249 g/mol. The first-order chi connectivity index (χ1) is 8.33. The maximum atomic E-state index is 4.15. The summed E-state index contributed by atoms with van der Waals surface area (Å²) in [5, 5.41) is 7.81. The Kier molecular flexibility index (Phi) is 3.18. The fourth-order valence-electron chi connectivity index (χ4n) is 2.74. The maximum absolute atomic E-state index is 4.15. The molecule has 2 aliphatic rings. The normalized spacial score (nSPS) is 26.6. The molecule has 0 spiro atoms. The van der Waals surface area contributed by atoms with E-state index in [1.54, 1.807) is 11.3 Å². The van der Waals surface area contributed by atoms with Gasteiger partial charge in [0.05, 0.1) is 6.04 Å². The second-order valence-corrected chi connectivity index (χ2v) is 5.65. The largest absolute Gasteiger partial charge is 0.386 e. The highest BCUT2D eigenvalue weighted by Crippen LogP contribution is 2.19. The van der Waals surface area contributed by atoms with E-state index in [0.29, 0.717) is 6.04 Å². The van der Waals surface area contributed by atoms with Crippen molar-refractivity contribution >= 4 is 11.3 Å². The Balaban J connectivity index is 1.64. The zero-order chi connectivity index (χ0) is 11.7. The van der Waals surface area contributed by atoms with Crippen LogP contribution in [0, 0.1) is 0 Å². The second-order valence-electron chi connectivity index (χ2n) is 4.87. The van der Waals surface area contributed by atoms with Gasteiger partial charge in [-0.1, -0.05) is 6.58 Å². The molecule has 1 aromatic rings. The van der Waals surface area contributed by atoms with Crippen molar-refractivity contribution in [3.05, 3.63) is 34.7 Å². The smallest absolute Gasteiger partial charge is 0.0618 e. The van der Waals surface area contributed by atoms with Crippen LogP contribution in [0.2, 0.25) is 0 Å². The molecule has 17 heavy (non-hydrogen) atoms. The molecule has 0 bridgehead atoms. The lowest BCUT2D eigenvalue weighted by Gasteiger charge is -2.45. The fraction of sp³-hybridized carbons (Fsp3) is 0.538. The van der Waals surface area contributed by atoms with Gasteiger partial charge in [0.15, 0.2) is 0 Å². The van der Waals surface area contributed by atoms with Crippen LogP contribution >= 0.6 is 11.3 Å². The molecule has 92 valence electrons. The first-order valence-corrected chi connectivity index (χ1v) is 7.17. The SMILES string of the molecule is C=C1NCCN2CCN(Cc3ccsc3)CC12. The van der Waals surface area contributed by atoms with Crippen molar-refractivity contribution in [1.29, 1.82) is 0 Å². The van der Waals surface area contributed by atoms with Crippen molar-refractivity contribution < 1.29 is 0 Å². The molecule has 1 N–H and O–H groups in total. The van der Waals surface area contributed by atoms with Gasteiger partial charge in [0.1, 0.15) is 0 Å². The Morgan fingerprint density at radius 2 is 2.35 bits per heavy atom. The molecule has 3 nitrogen and oxygen atoms in total. The van der Waals surface area contributed by atoms with E-state index in [0.717, 1.165) is 26.2 Å². The summed E-state index contributed by atoms with van der Waals surface area (Å²) >= 11 is 1.78. The summed E-state index contributed by atoms with van der Waals surface area (Å²) in [7, 11) is 0. The van der Waals surface area contributed by atoms with E-state index in [-0.39, 0.29) is 0 Å². The van der Waals surface area contributed by atoms with Crippen LogP contribution in [0.3, 0.4) is 0 Å². The number of piperazine rings is 2. The van der Waals surface area contributed by atoms with Crippen molar-refractivity contribution in [2.75, 3.05) is 32.7 Å². The summed E-state index contributed by atoms with van der Waals surface area (Å²) < 4.78 is 0. The Morgan fingerprint density at radius 1 is 1.41 bits per heavy atom. The summed E-state index contributed by atoms with van der Waals surface area (Å²) in [5.74, 6) is 0. The average Bonchev–Trinajstić information content (AvgIpc) is 2.83. The quantitative estimate of drug-likeness (QED) is 0.853. The highest BCUT2D eigenvalue weighted by Gasteiger charge is 2.31. The molecule has 1 atom stereocenters. The van der Waals surface area contributed by atoms with Gasteiger partial charge in [-0.15, -0.1) is 0 Å². The predicted octanol–water partition coefficient (Wildman–Crippen LogP) is 1.35. The summed E-state index contributed by atoms with van der Waals surface area (Å²) in [6.45, 7) is 10.9. The Morgan fingerprint density at radius 3 is 3.18 bits per heavy atom. The van der Waals surface area contributed by atoms with Gasteiger partial charge in [-0.2, -0.15) is 11.3 Å². The number of rotatable bonds is 2. The highest BCUT2D eigenvalue weighted by atomic mass is 32.1. The predicted molar refractivity (Wildman–Crippen MR) is 72.1 cm³/mol. The lowest BCUT2D eigenvalue weighted by atomic mass is 10.1. The molecule has 2 aliphatic heterocycles. The fourth-order valence-corrected chi connectivity index (χ4v) is 3.40. The van der Waals surface area contributed by atoms with Crippen molar-refractivity contribution in [2.24, 2.45) is 0 Å². The van der Waals surface area contributed by atoms with Gasteiger partial charge in [-0.3, -0.25) is 9.80 Å². The topological polar surface area (TPSA) is 18.5 Å². The van der Waals surface area contributed by atoms with Crippen molar-refractivity contribution in [2.45, 2.75) is 12.6 Å². The molecule has 0 aliphatic carbocycles. The Labute approximate surface area is 107 Å². The molecular weight excluding hydrogens is 230 g/mol. The number of hydrogen-bond donors (Lipinski definition) is 1. The van der Waals surface area contributed by atoms with Crippen LogP contribution in [0.25, 0.3) is 0 Å². The monoisotopic (exact) mass is 249 g/mol. The molecule has 2 fully saturated rings. The number of nitrogens with zero attached hydrogens (tertiary/aromatic N) is 2. The second kappa shape index (κ2) is 4.80. The molecule has 2 saturated heterocycles. The van der Waals surface area contributed by atoms with E-state index in [9.17, 15) is 0 Å². The van der Waals surface area contributed by atoms with Crippen LogP contribution in [0.5, 0.6) is 0 Å². The van der Waals surface area contributed by atoms with Gasteiger partial charge in [0, 0.05) is 45.0 Å². The lowest BCUT2D eigenvalue weighted by Crippen LogP contribution is -2.59. The third kappa shape index (κ3) is 2.39. The van der Waals surface area contributed by atoms with E-state index in [4.69, 9.17) is 0 Å². The minimum Gasteiger partial charge on any atom is -0.386 e. The van der Waals surface area contributed by atoms with E-state index >= 15 is 0 Å². The third-order valence-corrected chi connectivity index (χ3v) is 4.45. The molecule has 3 heterocycles. The van der Waals surface area contributed by atoms with Crippen molar-refractivity contribution in [3.63, 3.8) is 0 Å². The van der Waals surface area contributed by atoms with Crippen LogP contribution in [-0.2, 0) is 6.54 Å². The van der Waals surface area contributed by atoms with Crippen molar-refractivity contribution in [3.8, 4) is 0 Å². The highest BCUT2D eigenvalue weighted by molar-refractivity contribution is 7.07. The van der Waals surface area contributed by atoms with Crippen LogP contribution in [0.1, 0.15) is 5.56 Å². The van der Waals surface area contributed by atoms with E-state index in [2.05, 4.69) is 38.5 Å². The molecule has 3 rings (SSSR count). The molecule has 0 amide bonds. The van der Waals surface area contributed by atoms with Gasteiger partial charge in [0.2, 0.25) is 0 Å². The van der Waals surface area contributed by atoms with E-state index < -0.39 is 0 Å². The molecular formula is C13H19N3S. The number of fused-ring (bicyclic) bond motifs is 1. The number of thiophene rings is 1. The standard InChI is InChI=1S/C13H19N3S/c1-11-13-9-15(8-12-2-7-17-10-12)5-6-16(13)4-3-14-11/h2,7,10,13-14H,1,3-6,8-9H2. The molecule has 0 radical (unpaired) electrons. The van der Waals surface area contributed by atoms with E-state index in [1.165, 1.54) is 24.4 Å². The van der Waals surface area contributed by atoms with Gasteiger partial charge in [0.25, 0.3) is 0 Å². The minimum atomic E-state index is 0.510. The van der Waals surface area contributed by atoms with Crippen LogP contribution < -0.4 is 5.32 Å². The number of hydrogen-bond acceptors (Lipinski definition) is 4. The van der Waals surface area contributed by atoms with Crippen molar-refractivity contribution in [1.82, 2.24) is 15.1 Å². The molecule has 0 saturated carbocycles. The Hall–Kier alpha value is -0.840. The summed E-state index contributed by atoms with van der Waals surface area (Å²) in [6, 6.07) is 2.74. The summed E-state index contributed by atoms with van der Waals surface area (Å²) in [4.78, 5) is 5.10. The Bertz CT molecular complexity index is 387. The molecule has 0 aromatic carbocycles. The van der Waals surface area contributed by atoms with Gasteiger partial charge >= 0.3 is 0 Å². The molecule has 1 aromatic heterocycles. The lowest BCUT2D eigenvalue weighted by molar-refractivity contribution is 0.0726. The molecule has 4 heteroatoms. The maximum Gasteiger partial charge on any atom is 0.0618 e. The van der Waals surface area contributed by atoms with Crippen LogP contribution in [-0.4, -0.2) is 48.6 Å². The molecule has 1 unspecified atom stereocenters. The first-order valence-electron chi connectivity index (χ1n) is 6.23. The van der Waals surface area contributed by atoms with Gasteiger partial charge in [-0.25, -0.2) is 0 Å². The summed E-state index contributed by atoms with van der Waals surface area (Å²) in [6.07, 6.45) is 0. The zero-order valence-electron chi connectivity index (χ0n) is 10.1. The van der Waals surface area contributed by atoms with Gasteiger partial charge < -0.3 is 5.32 Å². The summed E-state index contributed by atoms with van der Waals surface area (Å²) in [5.41, 5.74) is 2.64. The minimum absolute atomic E-state index is 0.510. The van der Waals surface area contributed by atoms with Crippen LogP contribution in [0.4, 0.5) is 0 Å². The van der Waals surface area contributed by atoms with E-state index in [1.807, 2.05) is 0 Å². The zero-order valence-corrected chi connectivity index (χ0v) is 10.9.